The third-order valence-corrected chi connectivity index (χ3v) is 4.64. The first-order valence-electron chi connectivity index (χ1n) is 7.92. The zero-order chi connectivity index (χ0) is 19.2. The molecule has 0 aliphatic carbocycles. The summed E-state index contributed by atoms with van der Waals surface area (Å²) in [6.45, 7) is 0. The topological polar surface area (TPSA) is 89.1 Å². The van der Waals surface area contributed by atoms with Crippen molar-refractivity contribution >= 4 is 23.6 Å². The predicted molar refractivity (Wildman–Crippen MR) is 101 cm³/mol. The fourth-order valence-electron chi connectivity index (χ4n) is 2.30. The Balaban J connectivity index is 1.66. The number of halogens is 1. The van der Waals surface area contributed by atoms with E-state index < -0.39 is 0 Å². The van der Waals surface area contributed by atoms with Crippen LogP contribution in [-0.2, 0) is 4.79 Å². The summed E-state index contributed by atoms with van der Waals surface area (Å²) in [6.07, 6.45) is 0. The second-order valence-corrected chi connectivity index (χ2v) is 6.36. The Kier molecular flexibility index (Phi) is 5.92. The summed E-state index contributed by atoms with van der Waals surface area (Å²) < 4.78 is 24.1. The van der Waals surface area contributed by atoms with Gasteiger partial charge in [-0.15, -0.1) is 16.9 Å². The van der Waals surface area contributed by atoms with E-state index >= 15 is 0 Å². The lowest BCUT2D eigenvalue weighted by molar-refractivity contribution is -0.113. The first-order chi connectivity index (χ1) is 13.1. The normalized spacial score (nSPS) is 10.5. The average Bonchev–Trinajstić information content (AvgIpc) is 3.15. The lowest BCUT2D eigenvalue weighted by atomic mass is 10.2. The summed E-state index contributed by atoms with van der Waals surface area (Å²) in [7, 11) is 3.10. The van der Waals surface area contributed by atoms with Gasteiger partial charge in [0.25, 0.3) is 0 Å². The van der Waals surface area contributed by atoms with Crippen molar-refractivity contribution in [3.8, 4) is 22.9 Å². The largest absolute Gasteiger partial charge is 0.497 e. The second kappa shape index (κ2) is 8.54. The molecule has 9 heteroatoms. The molecule has 1 heterocycles. The van der Waals surface area contributed by atoms with E-state index in [9.17, 15) is 9.18 Å². The van der Waals surface area contributed by atoms with Crippen LogP contribution in [0.2, 0.25) is 0 Å². The van der Waals surface area contributed by atoms with Gasteiger partial charge in [-0.2, -0.15) is 4.98 Å². The predicted octanol–water partition coefficient (Wildman–Crippen LogP) is 3.36. The Morgan fingerprint density at radius 2 is 2.04 bits per heavy atom. The number of nitrogens with zero attached hydrogens (tertiary/aromatic N) is 2. The average molecular weight is 388 g/mol. The monoisotopic (exact) mass is 388 g/mol. The maximum Gasteiger partial charge on any atom is 0.249 e. The number of rotatable bonds is 7. The van der Waals surface area contributed by atoms with Gasteiger partial charge >= 0.3 is 0 Å². The van der Waals surface area contributed by atoms with Gasteiger partial charge in [0, 0.05) is 11.0 Å². The summed E-state index contributed by atoms with van der Waals surface area (Å²) in [5, 5.41) is 9.32. The number of anilines is 1. The number of amides is 1. The Hall–Kier alpha value is -3.07. The molecule has 0 bridgehead atoms. The van der Waals surface area contributed by atoms with Gasteiger partial charge in [0.05, 0.1) is 25.5 Å². The SMILES string of the molecule is COc1ccc(-c2nc(NC(=O)CSc3ccccc3F)n[nH]2)c(OC)c1. The molecule has 0 saturated carbocycles. The highest BCUT2D eigenvalue weighted by molar-refractivity contribution is 8.00. The van der Waals surface area contributed by atoms with Crippen LogP contribution in [0, 0.1) is 5.82 Å². The van der Waals surface area contributed by atoms with Crippen molar-refractivity contribution < 1.29 is 18.7 Å². The minimum atomic E-state index is -0.359. The molecule has 0 aliphatic rings. The summed E-state index contributed by atoms with van der Waals surface area (Å²) in [4.78, 5) is 16.7. The van der Waals surface area contributed by atoms with Crippen LogP contribution < -0.4 is 14.8 Å². The van der Waals surface area contributed by atoms with E-state index in [1.807, 2.05) is 0 Å². The first-order valence-corrected chi connectivity index (χ1v) is 8.91. The van der Waals surface area contributed by atoms with Crippen molar-refractivity contribution in [1.29, 1.82) is 0 Å². The van der Waals surface area contributed by atoms with E-state index in [1.54, 1.807) is 43.5 Å². The summed E-state index contributed by atoms with van der Waals surface area (Å²) in [5.74, 6) is 1.11. The first kappa shape index (κ1) is 18.7. The molecule has 1 amide bonds. The van der Waals surface area contributed by atoms with Gasteiger partial charge < -0.3 is 9.47 Å². The van der Waals surface area contributed by atoms with Gasteiger partial charge in [-0.3, -0.25) is 15.2 Å². The summed E-state index contributed by atoms with van der Waals surface area (Å²) >= 11 is 1.10. The summed E-state index contributed by atoms with van der Waals surface area (Å²) in [5.41, 5.74) is 0.673. The van der Waals surface area contributed by atoms with Crippen LogP contribution in [0.15, 0.2) is 47.4 Å². The molecule has 7 nitrogen and oxygen atoms in total. The smallest absolute Gasteiger partial charge is 0.249 e. The molecule has 140 valence electrons. The van der Waals surface area contributed by atoms with E-state index in [0.717, 1.165) is 11.8 Å². The van der Waals surface area contributed by atoms with Crippen LogP contribution in [0.1, 0.15) is 0 Å². The minimum absolute atomic E-state index is 0.0384. The van der Waals surface area contributed by atoms with Gasteiger partial charge in [0.15, 0.2) is 5.82 Å². The van der Waals surface area contributed by atoms with Crippen LogP contribution in [0.4, 0.5) is 10.3 Å². The number of carbonyl (C=O) groups is 1. The molecule has 0 spiro atoms. The van der Waals surface area contributed by atoms with Crippen molar-refractivity contribution in [3.05, 3.63) is 48.3 Å². The second-order valence-electron chi connectivity index (χ2n) is 5.34. The number of aromatic amines is 1. The molecule has 0 aliphatic heterocycles. The van der Waals surface area contributed by atoms with Crippen LogP contribution in [0.5, 0.6) is 11.5 Å². The third-order valence-electron chi connectivity index (χ3n) is 3.60. The Bertz CT molecular complexity index is 948. The van der Waals surface area contributed by atoms with Crippen LogP contribution >= 0.6 is 11.8 Å². The van der Waals surface area contributed by atoms with Crippen LogP contribution in [0.25, 0.3) is 11.4 Å². The lowest BCUT2D eigenvalue weighted by Gasteiger charge is -2.07. The van der Waals surface area contributed by atoms with Crippen molar-refractivity contribution in [2.75, 3.05) is 25.3 Å². The van der Waals surface area contributed by atoms with Crippen LogP contribution in [-0.4, -0.2) is 41.1 Å². The van der Waals surface area contributed by atoms with Crippen molar-refractivity contribution in [1.82, 2.24) is 15.2 Å². The molecule has 0 unspecified atom stereocenters. The fourth-order valence-corrected chi connectivity index (χ4v) is 3.04. The van der Waals surface area contributed by atoms with Crippen molar-refractivity contribution in [2.24, 2.45) is 0 Å². The van der Waals surface area contributed by atoms with E-state index in [0.29, 0.717) is 27.8 Å². The molecule has 0 radical (unpaired) electrons. The number of aromatic nitrogens is 3. The molecule has 3 aromatic rings. The zero-order valence-electron chi connectivity index (χ0n) is 14.7. The Labute approximate surface area is 159 Å². The van der Waals surface area contributed by atoms with E-state index in [2.05, 4.69) is 20.5 Å². The number of H-pyrrole nitrogens is 1. The van der Waals surface area contributed by atoms with E-state index in [4.69, 9.17) is 9.47 Å². The number of ether oxygens (including phenoxy) is 2. The lowest BCUT2D eigenvalue weighted by Crippen LogP contribution is -2.15. The van der Waals surface area contributed by atoms with E-state index in [-0.39, 0.29) is 23.4 Å². The molecule has 1 aromatic heterocycles. The Morgan fingerprint density at radius 3 is 2.78 bits per heavy atom. The molecule has 0 saturated heterocycles. The number of nitrogens with one attached hydrogen (secondary N) is 2. The number of carbonyl (C=O) groups excluding carboxylic acids is 1. The molecule has 2 aromatic carbocycles. The van der Waals surface area contributed by atoms with Gasteiger partial charge in [0.1, 0.15) is 17.3 Å². The van der Waals surface area contributed by atoms with Crippen LogP contribution in [0.3, 0.4) is 0 Å². The number of methoxy groups -OCH3 is 2. The van der Waals surface area contributed by atoms with Gasteiger partial charge in [-0.25, -0.2) is 4.39 Å². The highest BCUT2D eigenvalue weighted by Gasteiger charge is 2.14. The quantitative estimate of drug-likeness (QED) is 0.604. The molecular weight excluding hydrogens is 371 g/mol. The molecule has 2 N–H and O–H groups in total. The van der Waals surface area contributed by atoms with Crippen molar-refractivity contribution in [2.45, 2.75) is 4.90 Å². The molecular formula is C18H17FN4O3S. The summed E-state index contributed by atoms with van der Waals surface area (Å²) in [6, 6.07) is 11.6. The van der Waals surface area contributed by atoms with Gasteiger partial charge in [-0.05, 0) is 24.3 Å². The minimum Gasteiger partial charge on any atom is -0.497 e. The molecule has 0 fully saturated rings. The van der Waals surface area contributed by atoms with Crippen molar-refractivity contribution in [3.63, 3.8) is 0 Å². The van der Waals surface area contributed by atoms with Gasteiger partial charge in [-0.1, -0.05) is 12.1 Å². The molecule has 0 atom stereocenters. The zero-order valence-corrected chi connectivity index (χ0v) is 15.5. The standard InChI is InChI=1S/C18H17FN4O3S/c1-25-11-7-8-12(14(9-11)26-2)17-21-18(23-22-17)20-16(24)10-27-15-6-4-3-5-13(15)19/h3-9H,10H2,1-2H3,(H2,20,21,22,23,24). The van der Waals surface area contributed by atoms with E-state index in [1.165, 1.54) is 13.2 Å². The number of hydrogen-bond acceptors (Lipinski definition) is 6. The van der Waals surface area contributed by atoms with Gasteiger partial charge in [0.2, 0.25) is 11.9 Å². The molecule has 3 rings (SSSR count). The molecule has 27 heavy (non-hydrogen) atoms. The maximum absolute atomic E-state index is 13.6. The number of thioether (sulfide) groups is 1. The Morgan fingerprint density at radius 1 is 1.22 bits per heavy atom. The number of benzene rings is 2. The highest BCUT2D eigenvalue weighted by atomic mass is 32.2. The number of hydrogen-bond donors (Lipinski definition) is 2. The highest BCUT2D eigenvalue weighted by Crippen LogP contribution is 2.31. The third kappa shape index (κ3) is 4.56. The fraction of sp³-hybridized carbons (Fsp3) is 0.167. The maximum atomic E-state index is 13.6.